The van der Waals surface area contributed by atoms with Gasteiger partial charge in [-0.1, -0.05) is 0 Å². The average Bonchev–Trinajstić information content (AvgIpc) is 3.14. The van der Waals surface area contributed by atoms with Crippen LogP contribution >= 0.6 is 0 Å². The second-order valence-electron chi connectivity index (χ2n) is 4.94. The zero-order valence-corrected chi connectivity index (χ0v) is 9.44. The van der Waals surface area contributed by atoms with E-state index in [0.717, 1.165) is 0 Å². The number of carbonyl (C=O) groups is 4. The van der Waals surface area contributed by atoms with E-state index in [9.17, 15) is 19.2 Å². The quantitative estimate of drug-likeness (QED) is 0.533. The maximum Gasteiger partial charge on any atom is 0.307 e. The van der Waals surface area contributed by atoms with E-state index in [1.807, 2.05) is 0 Å². The largest absolute Gasteiger partial charge is 0.481 e. The molecule has 2 aliphatic rings. The van der Waals surface area contributed by atoms with Crippen molar-refractivity contribution in [1.82, 2.24) is 0 Å². The van der Waals surface area contributed by atoms with Crippen LogP contribution in [0, 0.1) is 35.5 Å². The minimum absolute atomic E-state index is 0.0269. The summed E-state index contributed by atoms with van der Waals surface area (Å²) in [5, 5.41) is 15.5. The molecule has 8 nitrogen and oxygen atoms in total. The van der Waals surface area contributed by atoms with Crippen LogP contribution in [0.1, 0.15) is 6.42 Å². The van der Waals surface area contributed by atoms with Crippen molar-refractivity contribution >= 4 is 23.9 Å². The molecular weight excluding hydrogens is 260 g/mol. The first-order valence-electron chi connectivity index (χ1n) is 7.24. The van der Waals surface area contributed by atoms with Crippen molar-refractivity contribution in [3.05, 3.63) is 0 Å². The van der Waals surface area contributed by atoms with Crippen LogP contribution in [-0.2, 0) is 19.2 Å². The Bertz CT molecular complexity index is 450. The molecule has 19 heavy (non-hydrogen) atoms. The summed E-state index contributed by atoms with van der Waals surface area (Å²) >= 11 is 0. The zero-order chi connectivity index (χ0) is 17.3. The molecule has 0 amide bonds. The van der Waals surface area contributed by atoms with Gasteiger partial charge in [-0.2, -0.15) is 0 Å². The molecule has 0 aromatic heterocycles. The molecule has 0 saturated heterocycles. The van der Waals surface area contributed by atoms with Crippen LogP contribution in [0.25, 0.3) is 5.72 Å². The van der Waals surface area contributed by atoms with Gasteiger partial charge in [0.25, 0.3) is 5.72 Å². The monoisotopic (exact) mass is 276 g/mol. The van der Waals surface area contributed by atoms with Crippen LogP contribution in [0.5, 0.6) is 0 Å². The fraction of sp³-hybridized carbons (Fsp3) is 0.636. The van der Waals surface area contributed by atoms with Gasteiger partial charge < -0.3 is 20.4 Å². The van der Waals surface area contributed by atoms with Gasteiger partial charge in [0.2, 0.25) is 0 Å². The minimum Gasteiger partial charge on any atom is -0.481 e. The number of aliphatic carboxylic acids is 4. The Labute approximate surface area is 112 Å². The van der Waals surface area contributed by atoms with E-state index < -0.39 is 59.4 Å². The highest BCUT2D eigenvalue weighted by Crippen LogP contribution is 2.58. The summed E-state index contributed by atoms with van der Waals surface area (Å²) < 4.78 is 26.8. The van der Waals surface area contributed by atoms with Crippen molar-refractivity contribution in [1.29, 1.82) is 5.72 Å². The zero-order valence-electron chi connectivity index (χ0n) is 13.4. The SMILES string of the molecule is [2H]OC(=O)C1C2CC(C1C(=O)O[2H])C(C(=O)O[2H])C2C(=O)O[2H]. The molecule has 4 atom stereocenters. The Hall–Kier alpha value is -2.12. The lowest BCUT2D eigenvalue weighted by atomic mass is 9.68. The van der Waals surface area contributed by atoms with Crippen LogP contribution in [-0.4, -0.2) is 44.3 Å². The van der Waals surface area contributed by atoms with E-state index in [0.29, 0.717) is 0 Å². The van der Waals surface area contributed by atoms with Crippen LogP contribution in [0.15, 0.2) is 0 Å². The van der Waals surface area contributed by atoms with E-state index in [4.69, 9.17) is 5.72 Å². The van der Waals surface area contributed by atoms with E-state index in [1.165, 1.54) is 0 Å². The van der Waals surface area contributed by atoms with Crippen LogP contribution in [0.4, 0.5) is 0 Å². The van der Waals surface area contributed by atoms with E-state index in [2.05, 4.69) is 20.4 Å². The fourth-order valence-electron chi connectivity index (χ4n) is 3.70. The molecule has 104 valence electrons. The van der Waals surface area contributed by atoms with E-state index in [-0.39, 0.29) is 6.42 Å². The van der Waals surface area contributed by atoms with Gasteiger partial charge in [0.05, 0.1) is 23.7 Å². The molecule has 0 heterocycles. The molecule has 4 N–H and O–H groups in total. The Morgan fingerprint density at radius 3 is 1.16 bits per heavy atom. The first-order valence-corrected chi connectivity index (χ1v) is 5.60. The third kappa shape index (κ3) is 1.74. The molecule has 0 spiro atoms. The molecule has 2 saturated carbocycles. The van der Waals surface area contributed by atoms with Crippen molar-refractivity contribution in [3.8, 4) is 0 Å². The van der Waals surface area contributed by atoms with Crippen molar-refractivity contribution in [2.45, 2.75) is 6.42 Å². The lowest BCUT2D eigenvalue weighted by Crippen LogP contribution is -2.47. The van der Waals surface area contributed by atoms with Gasteiger partial charge in [-0.05, 0) is 18.3 Å². The predicted octanol–water partition coefficient (Wildman–Crippen LogP) is -0.561. The lowest BCUT2D eigenvalue weighted by Gasteiger charge is -2.33. The van der Waals surface area contributed by atoms with Gasteiger partial charge in [-0.3, -0.25) is 19.2 Å². The standard InChI is InChI=1S/C11H12O8/c12-8(13)4-2-1-3(6(4)10(16)17)7(11(18)19)5(2)9(14)15/h2-7H,1H2,(H,12,13)(H,14,15)(H,16,17)(H,18,19)/i/hD4. The van der Waals surface area contributed by atoms with Crippen LogP contribution in [0.3, 0.4) is 0 Å². The van der Waals surface area contributed by atoms with Crippen LogP contribution < -0.4 is 0 Å². The number of carboxylic acids is 4. The summed E-state index contributed by atoms with van der Waals surface area (Å²) in [6, 6.07) is 0. The molecule has 2 aliphatic carbocycles. The Morgan fingerprint density at radius 2 is 0.947 bits per heavy atom. The Kier molecular flexibility index (Phi) is 1.97. The number of hydrogen-bond acceptors (Lipinski definition) is 8. The highest BCUT2D eigenvalue weighted by molar-refractivity contribution is 5.88. The summed E-state index contributed by atoms with van der Waals surface area (Å²) in [5.74, 6) is -11.5. The lowest BCUT2D eigenvalue weighted by molar-refractivity contribution is -0.169. The molecule has 0 aromatic rings. The van der Waals surface area contributed by atoms with Gasteiger partial charge in [0.1, 0.15) is 0 Å². The second-order valence-corrected chi connectivity index (χ2v) is 4.94. The first-order chi connectivity index (χ1) is 10.9. The Morgan fingerprint density at radius 1 is 0.684 bits per heavy atom. The van der Waals surface area contributed by atoms with Crippen molar-refractivity contribution < 1.29 is 39.6 Å². The summed E-state index contributed by atoms with van der Waals surface area (Å²) in [6.45, 7) is 0. The molecule has 2 fully saturated rings. The van der Waals surface area contributed by atoms with Crippen molar-refractivity contribution in [3.63, 3.8) is 0 Å². The van der Waals surface area contributed by atoms with Gasteiger partial charge in [0, 0.05) is 0 Å². The predicted molar refractivity (Wildman–Crippen MR) is 56.1 cm³/mol. The third-order valence-electron chi connectivity index (χ3n) is 4.25. The molecule has 4 unspecified atom stereocenters. The highest BCUT2D eigenvalue weighted by Gasteiger charge is 2.66. The summed E-state index contributed by atoms with van der Waals surface area (Å²) in [6.07, 6.45) is 0.0269. The molecule has 0 aromatic carbocycles. The van der Waals surface area contributed by atoms with Gasteiger partial charge in [-0.25, -0.2) is 0 Å². The maximum atomic E-state index is 11.8. The highest BCUT2D eigenvalue weighted by atomic mass is 16.4. The summed E-state index contributed by atoms with van der Waals surface area (Å²) in [7, 11) is 0. The van der Waals surface area contributed by atoms with Gasteiger partial charge in [0.15, 0.2) is 0 Å². The van der Waals surface area contributed by atoms with Crippen molar-refractivity contribution in [2.24, 2.45) is 35.5 Å². The number of carboxylic acid groups (broad SMARTS) is 4. The number of rotatable bonds is 4. The maximum absolute atomic E-state index is 11.8. The normalized spacial score (nSPS) is 42.1. The molecule has 0 radical (unpaired) electrons. The summed E-state index contributed by atoms with van der Waals surface area (Å²) in [5.41, 5.74) is 0. The molecule has 2 rings (SSSR count). The van der Waals surface area contributed by atoms with Crippen LogP contribution in [0.2, 0.25) is 0 Å². The molecule has 2 bridgehead atoms. The topological polar surface area (TPSA) is 149 Å². The van der Waals surface area contributed by atoms with Gasteiger partial charge in [-0.15, -0.1) is 0 Å². The number of fused-ring (bicyclic) bond motifs is 2. The minimum atomic E-state index is -1.28. The smallest absolute Gasteiger partial charge is 0.307 e. The second kappa shape index (κ2) is 4.22. The summed E-state index contributed by atoms with van der Waals surface area (Å²) in [4.78, 5) is 47.2. The number of hydrogen-bond donors (Lipinski definition) is 4. The van der Waals surface area contributed by atoms with Gasteiger partial charge >= 0.3 is 23.9 Å². The van der Waals surface area contributed by atoms with E-state index >= 15 is 0 Å². The van der Waals surface area contributed by atoms with Crippen molar-refractivity contribution in [2.75, 3.05) is 0 Å². The molecule has 8 heteroatoms. The molecule has 0 aliphatic heterocycles. The third-order valence-corrected chi connectivity index (χ3v) is 4.25. The fourth-order valence-corrected chi connectivity index (χ4v) is 3.70. The average molecular weight is 276 g/mol. The van der Waals surface area contributed by atoms with E-state index in [1.54, 1.807) is 0 Å². The Balaban J connectivity index is 2.46. The first kappa shape index (κ1) is 8.89. The molecular formula is C11H12O8.